The van der Waals surface area contributed by atoms with Crippen LogP contribution in [-0.2, 0) is 11.3 Å². The Labute approximate surface area is 182 Å². The minimum Gasteiger partial charge on any atom is -0.493 e. The van der Waals surface area contributed by atoms with Gasteiger partial charge < -0.3 is 14.2 Å². The highest BCUT2D eigenvalue weighted by Crippen LogP contribution is 2.36. The van der Waals surface area contributed by atoms with Crippen molar-refractivity contribution in [2.45, 2.75) is 6.54 Å². The summed E-state index contributed by atoms with van der Waals surface area (Å²) in [6, 6.07) is 12.5. The molecule has 0 aliphatic carbocycles. The second kappa shape index (κ2) is 8.61. The van der Waals surface area contributed by atoms with E-state index in [0.29, 0.717) is 27.3 Å². The number of thiophene rings is 1. The Morgan fingerprint density at radius 2 is 1.87 bits per heavy atom. The van der Waals surface area contributed by atoms with E-state index in [4.69, 9.17) is 14.2 Å². The first-order valence-electron chi connectivity index (χ1n) is 9.42. The van der Waals surface area contributed by atoms with Gasteiger partial charge in [0.2, 0.25) is 0 Å². The lowest BCUT2D eigenvalue weighted by Crippen LogP contribution is -2.21. The number of esters is 1. The van der Waals surface area contributed by atoms with Crippen LogP contribution in [0.2, 0.25) is 0 Å². The van der Waals surface area contributed by atoms with Gasteiger partial charge in [-0.25, -0.2) is 9.78 Å². The van der Waals surface area contributed by atoms with E-state index in [1.54, 1.807) is 32.4 Å². The van der Waals surface area contributed by atoms with Crippen LogP contribution in [0.3, 0.4) is 0 Å². The zero-order chi connectivity index (χ0) is 22.0. The average molecular weight is 436 g/mol. The largest absolute Gasteiger partial charge is 0.493 e. The van der Waals surface area contributed by atoms with Gasteiger partial charge in [-0.3, -0.25) is 9.36 Å². The molecule has 0 saturated carbocycles. The lowest BCUT2D eigenvalue weighted by atomic mass is 10.1. The van der Waals surface area contributed by atoms with Crippen molar-refractivity contribution in [2.24, 2.45) is 0 Å². The second-order valence-electron chi connectivity index (χ2n) is 6.77. The standard InChI is InChI=1S/C23H20N2O5S/c1-28-18-8-7-15(10-19(18)29-2)17-12-31-21-20(17)22(26)25(13-24-21)11-14-5-4-6-16(9-14)23(27)30-3/h4-10,12-13H,11H2,1-3H3. The van der Waals surface area contributed by atoms with Crippen molar-refractivity contribution in [1.29, 1.82) is 0 Å². The summed E-state index contributed by atoms with van der Waals surface area (Å²) in [6.07, 6.45) is 1.53. The van der Waals surface area contributed by atoms with Gasteiger partial charge in [0.25, 0.3) is 5.56 Å². The molecule has 4 rings (SSSR count). The van der Waals surface area contributed by atoms with Crippen molar-refractivity contribution in [3.05, 3.63) is 75.7 Å². The van der Waals surface area contributed by atoms with E-state index < -0.39 is 5.97 Å². The molecule has 0 atom stereocenters. The summed E-state index contributed by atoms with van der Waals surface area (Å²) in [4.78, 5) is 30.3. The third-order valence-electron chi connectivity index (χ3n) is 4.96. The van der Waals surface area contributed by atoms with Crippen molar-refractivity contribution in [2.75, 3.05) is 21.3 Å². The Bertz CT molecular complexity index is 1330. The maximum absolute atomic E-state index is 13.3. The molecule has 8 heteroatoms. The van der Waals surface area contributed by atoms with Gasteiger partial charge in [-0.05, 0) is 35.4 Å². The van der Waals surface area contributed by atoms with Gasteiger partial charge in [0.1, 0.15) is 4.83 Å². The number of hydrogen-bond donors (Lipinski definition) is 0. The number of carbonyl (C=O) groups is 1. The molecule has 0 fully saturated rings. The summed E-state index contributed by atoms with van der Waals surface area (Å²) in [7, 11) is 4.49. The summed E-state index contributed by atoms with van der Waals surface area (Å²) in [5.41, 5.74) is 2.71. The maximum Gasteiger partial charge on any atom is 0.337 e. The number of benzene rings is 2. The number of methoxy groups -OCH3 is 3. The topological polar surface area (TPSA) is 79.7 Å². The van der Waals surface area contributed by atoms with Gasteiger partial charge in [-0.15, -0.1) is 11.3 Å². The molecule has 0 radical (unpaired) electrons. The molecule has 31 heavy (non-hydrogen) atoms. The van der Waals surface area contributed by atoms with E-state index in [9.17, 15) is 9.59 Å². The Morgan fingerprint density at radius 3 is 2.61 bits per heavy atom. The molecular formula is C23H20N2O5S. The summed E-state index contributed by atoms with van der Waals surface area (Å²) in [6.45, 7) is 0.286. The second-order valence-corrected chi connectivity index (χ2v) is 7.63. The van der Waals surface area contributed by atoms with Gasteiger partial charge >= 0.3 is 5.97 Å². The predicted octanol–water partition coefficient (Wildman–Crippen LogP) is 3.98. The van der Waals surface area contributed by atoms with E-state index in [1.807, 2.05) is 29.6 Å². The average Bonchev–Trinajstić information content (AvgIpc) is 3.25. The molecule has 0 N–H and O–H groups in total. The Hall–Kier alpha value is -3.65. The fourth-order valence-electron chi connectivity index (χ4n) is 3.41. The molecule has 4 aromatic rings. The van der Waals surface area contributed by atoms with Crippen LogP contribution in [-0.4, -0.2) is 36.8 Å². The monoisotopic (exact) mass is 436 g/mol. The molecule has 0 spiro atoms. The Kier molecular flexibility index (Phi) is 5.73. The van der Waals surface area contributed by atoms with E-state index in [-0.39, 0.29) is 12.1 Å². The van der Waals surface area contributed by atoms with Gasteiger partial charge in [0.15, 0.2) is 11.5 Å². The van der Waals surface area contributed by atoms with Crippen molar-refractivity contribution >= 4 is 27.5 Å². The van der Waals surface area contributed by atoms with E-state index in [0.717, 1.165) is 16.7 Å². The molecule has 2 aromatic carbocycles. The number of carbonyl (C=O) groups excluding carboxylic acids is 1. The zero-order valence-corrected chi connectivity index (χ0v) is 18.1. The lowest BCUT2D eigenvalue weighted by molar-refractivity contribution is 0.0600. The van der Waals surface area contributed by atoms with Crippen LogP contribution in [0, 0.1) is 0 Å². The number of ether oxygens (including phenoxy) is 3. The number of rotatable bonds is 6. The van der Waals surface area contributed by atoms with Crippen LogP contribution in [0.15, 0.2) is 59.0 Å². The fraction of sp³-hybridized carbons (Fsp3) is 0.174. The maximum atomic E-state index is 13.3. The first-order chi connectivity index (χ1) is 15.0. The minimum atomic E-state index is -0.420. The predicted molar refractivity (Wildman–Crippen MR) is 119 cm³/mol. The molecule has 158 valence electrons. The first-order valence-corrected chi connectivity index (χ1v) is 10.3. The number of hydrogen-bond acceptors (Lipinski definition) is 7. The third kappa shape index (κ3) is 3.89. The number of nitrogens with zero attached hydrogens (tertiary/aromatic N) is 2. The SMILES string of the molecule is COC(=O)c1cccc(Cn2cnc3scc(-c4ccc(OC)c(OC)c4)c3c2=O)c1. The first kappa shape index (κ1) is 20.6. The van der Waals surface area contributed by atoms with Crippen LogP contribution >= 0.6 is 11.3 Å². The molecule has 0 aliphatic rings. The summed E-state index contributed by atoms with van der Waals surface area (Å²) in [5.74, 6) is 0.784. The van der Waals surface area contributed by atoms with Gasteiger partial charge in [-0.1, -0.05) is 18.2 Å². The van der Waals surface area contributed by atoms with Crippen molar-refractivity contribution in [3.8, 4) is 22.6 Å². The molecule has 2 aromatic heterocycles. The lowest BCUT2D eigenvalue weighted by Gasteiger charge is -2.10. The molecule has 0 unspecified atom stereocenters. The molecule has 0 aliphatic heterocycles. The molecular weight excluding hydrogens is 416 g/mol. The van der Waals surface area contributed by atoms with E-state index >= 15 is 0 Å². The van der Waals surface area contributed by atoms with Crippen LogP contribution in [0.4, 0.5) is 0 Å². The third-order valence-corrected chi connectivity index (χ3v) is 5.84. The van der Waals surface area contributed by atoms with Gasteiger partial charge in [0.05, 0.1) is 45.2 Å². The highest BCUT2D eigenvalue weighted by Gasteiger charge is 2.16. The molecule has 0 saturated heterocycles. The van der Waals surface area contributed by atoms with Crippen LogP contribution in [0.1, 0.15) is 15.9 Å². The zero-order valence-electron chi connectivity index (χ0n) is 17.2. The minimum absolute atomic E-state index is 0.153. The van der Waals surface area contributed by atoms with Crippen molar-refractivity contribution < 1.29 is 19.0 Å². The van der Waals surface area contributed by atoms with E-state index in [1.165, 1.54) is 29.3 Å². The highest BCUT2D eigenvalue weighted by molar-refractivity contribution is 7.17. The quantitative estimate of drug-likeness (QED) is 0.426. The smallest absolute Gasteiger partial charge is 0.337 e. The van der Waals surface area contributed by atoms with Crippen molar-refractivity contribution in [3.63, 3.8) is 0 Å². The van der Waals surface area contributed by atoms with Crippen molar-refractivity contribution in [1.82, 2.24) is 9.55 Å². The molecule has 0 bridgehead atoms. The normalized spacial score (nSPS) is 10.8. The number of fused-ring (bicyclic) bond motifs is 1. The molecule has 0 amide bonds. The van der Waals surface area contributed by atoms with Gasteiger partial charge in [0, 0.05) is 10.9 Å². The number of aromatic nitrogens is 2. The summed E-state index contributed by atoms with van der Waals surface area (Å²) >= 11 is 1.41. The van der Waals surface area contributed by atoms with Crippen LogP contribution < -0.4 is 15.0 Å². The summed E-state index contributed by atoms with van der Waals surface area (Å²) in [5, 5.41) is 2.46. The molecule has 7 nitrogen and oxygen atoms in total. The molecule has 2 heterocycles. The van der Waals surface area contributed by atoms with E-state index in [2.05, 4.69) is 4.98 Å². The summed E-state index contributed by atoms with van der Waals surface area (Å²) < 4.78 is 17.0. The highest BCUT2D eigenvalue weighted by atomic mass is 32.1. The van der Waals surface area contributed by atoms with Crippen LogP contribution in [0.25, 0.3) is 21.3 Å². The fourth-order valence-corrected chi connectivity index (χ4v) is 4.31. The Balaban J connectivity index is 1.77. The Morgan fingerprint density at radius 1 is 1.06 bits per heavy atom. The van der Waals surface area contributed by atoms with Gasteiger partial charge in [-0.2, -0.15) is 0 Å². The van der Waals surface area contributed by atoms with Crippen LogP contribution in [0.5, 0.6) is 11.5 Å².